The molecule has 1 amide bonds. The Hall–Kier alpha value is -1.73. The first-order valence-corrected chi connectivity index (χ1v) is 9.55. The van der Waals surface area contributed by atoms with E-state index in [1.807, 2.05) is 13.8 Å². The van der Waals surface area contributed by atoms with Gasteiger partial charge in [0.25, 0.3) is 12.3 Å². The van der Waals surface area contributed by atoms with Gasteiger partial charge in [0.15, 0.2) is 0 Å². The highest BCUT2D eigenvalue weighted by Crippen LogP contribution is 2.37. The molecule has 1 aromatic heterocycles. The summed E-state index contributed by atoms with van der Waals surface area (Å²) in [6, 6.07) is 4.91. The Bertz CT molecular complexity index is 910. The molecule has 28 heavy (non-hydrogen) atoms. The van der Waals surface area contributed by atoms with E-state index < -0.39 is 35.0 Å². The third-order valence-corrected chi connectivity index (χ3v) is 5.46. The van der Waals surface area contributed by atoms with Crippen LogP contribution in [0.5, 0.6) is 0 Å². The molecule has 0 unspecified atom stereocenters. The zero-order valence-electron chi connectivity index (χ0n) is 15.6. The van der Waals surface area contributed by atoms with E-state index in [0.29, 0.717) is 14.7 Å². The van der Waals surface area contributed by atoms with E-state index in [0.717, 1.165) is 18.4 Å². The lowest BCUT2D eigenvalue weighted by molar-refractivity contribution is 0.0690. The van der Waals surface area contributed by atoms with Gasteiger partial charge in [-0.15, -0.1) is 0 Å². The summed E-state index contributed by atoms with van der Waals surface area (Å²) in [5.41, 5.74) is -1.42. The Kier molecular flexibility index (Phi) is 5.69. The largest absolute Gasteiger partial charge is 0.335 e. The van der Waals surface area contributed by atoms with Gasteiger partial charge in [0.05, 0.1) is 0 Å². The molecule has 1 aliphatic carbocycles. The van der Waals surface area contributed by atoms with Gasteiger partial charge in [0.1, 0.15) is 11.3 Å². The SMILES string of the molecule is Cn1nc(C(F)F)c(C(=O)N(CC(C)(C)c2cc(Cl)ccc2Cl)C2CC2)c1F. The van der Waals surface area contributed by atoms with Gasteiger partial charge in [-0.25, -0.2) is 13.5 Å². The first-order valence-electron chi connectivity index (χ1n) is 8.80. The number of carbonyl (C=O) groups excluding carboxylic acids is 1. The molecule has 0 saturated heterocycles. The van der Waals surface area contributed by atoms with Crippen LogP contribution >= 0.6 is 23.2 Å². The number of hydrogen-bond donors (Lipinski definition) is 0. The van der Waals surface area contributed by atoms with Gasteiger partial charge in [-0.2, -0.15) is 9.49 Å². The maximum absolute atomic E-state index is 14.4. The van der Waals surface area contributed by atoms with Crippen molar-refractivity contribution < 1.29 is 18.0 Å². The molecule has 4 nitrogen and oxygen atoms in total. The first kappa shape index (κ1) is 21.0. The van der Waals surface area contributed by atoms with Crippen molar-refractivity contribution >= 4 is 29.1 Å². The van der Waals surface area contributed by atoms with Gasteiger partial charge in [-0.05, 0) is 36.6 Å². The Morgan fingerprint density at radius 3 is 2.57 bits per heavy atom. The second kappa shape index (κ2) is 7.59. The molecule has 0 spiro atoms. The lowest BCUT2D eigenvalue weighted by Crippen LogP contribution is -2.43. The fraction of sp³-hybridized carbons (Fsp3) is 0.474. The minimum absolute atomic E-state index is 0.130. The Morgan fingerprint density at radius 1 is 1.36 bits per heavy atom. The number of aromatic nitrogens is 2. The number of alkyl halides is 2. The maximum atomic E-state index is 14.4. The molecule has 0 radical (unpaired) electrons. The van der Waals surface area contributed by atoms with Crippen LogP contribution in [0.3, 0.4) is 0 Å². The Morgan fingerprint density at radius 2 is 2.00 bits per heavy atom. The van der Waals surface area contributed by atoms with E-state index in [9.17, 15) is 18.0 Å². The maximum Gasteiger partial charge on any atom is 0.283 e. The predicted octanol–water partition coefficient (Wildman–Crippen LogP) is 5.39. The van der Waals surface area contributed by atoms with Crippen LogP contribution < -0.4 is 0 Å². The minimum atomic E-state index is -3.05. The van der Waals surface area contributed by atoms with E-state index in [4.69, 9.17) is 23.2 Å². The molecule has 3 rings (SSSR count). The molecule has 0 atom stereocenters. The molecule has 152 valence electrons. The third-order valence-electron chi connectivity index (χ3n) is 4.90. The second-order valence-electron chi connectivity index (χ2n) is 7.65. The summed E-state index contributed by atoms with van der Waals surface area (Å²) >= 11 is 12.4. The molecule has 1 heterocycles. The molecular weight excluding hydrogens is 414 g/mol. The lowest BCUT2D eigenvalue weighted by atomic mass is 9.83. The van der Waals surface area contributed by atoms with Gasteiger partial charge in [0, 0.05) is 35.1 Å². The fourth-order valence-electron chi connectivity index (χ4n) is 3.30. The Labute approximate surface area is 171 Å². The van der Waals surface area contributed by atoms with E-state index in [1.54, 1.807) is 18.2 Å². The number of rotatable bonds is 6. The summed E-state index contributed by atoms with van der Waals surface area (Å²) in [7, 11) is 1.19. The number of amides is 1. The second-order valence-corrected chi connectivity index (χ2v) is 8.49. The topological polar surface area (TPSA) is 38.1 Å². The number of carbonyl (C=O) groups is 1. The highest BCUT2D eigenvalue weighted by atomic mass is 35.5. The average molecular weight is 434 g/mol. The van der Waals surface area contributed by atoms with Gasteiger partial charge >= 0.3 is 0 Å². The number of nitrogens with zero attached hydrogens (tertiary/aromatic N) is 3. The van der Waals surface area contributed by atoms with Crippen LogP contribution in [0.15, 0.2) is 18.2 Å². The molecule has 0 aliphatic heterocycles. The van der Waals surface area contributed by atoms with Crippen LogP contribution in [0.25, 0.3) is 0 Å². The van der Waals surface area contributed by atoms with E-state index in [-0.39, 0.29) is 12.6 Å². The predicted molar refractivity (Wildman–Crippen MR) is 102 cm³/mol. The van der Waals surface area contributed by atoms with Crippen molar-refractivity contribution in [3.05, 3.63) is 51.0 Å². The quantitative estimate of drug-likeness (QED) is 0.612. The van der Waals surface area contributed by atoms with E-state index in [2.05, 4.69) is 5.10 Å². The van der Waals surface area contributed by atoms with Crippen molar-refractivity contribution in [3.63, 3.8) is 0 Å². The van der Waals surface area contributed by atoms with Crippen molar-refractivity contribution in [1.29, 1.82) is 0 Å². The third kappa shape index (κ3) is 4.01. The summed E-state index contributed by atoms with van der Waals surface area (Å²) in [5, 5.41) is 4.46. The van der Waals surface area contributed by atoms with Crippen LogP contribution in [-0.2, 0) is 12.5 Å². The van der Waals surface area contributed by atoms with Crippen molar-refractivity contribution in [1.82, 2.24) is 14.7 Å². The number of halogens is 5. The molecule has 1 saturated carbocycles. The monoisotopic (exact) mass is 433 g/mol. The van der Waals surface area contributed by atoms with E-state index in [1.165, 1.54) is 11.9 Å². The van der Waals surface area contributed by atoms with Gasteiger partial charge in [-0.3, -0.25) is 4.79 Å². The zero-order valence-corrected chi connectivity index (χ0v) is 17.2. The summed E-state index contributed by atoms with van der Waals surface area (Å²) < 4.78 is 41.7. The highest BCUT2D eigenvalue weighted by molar-refractivity contribution is 6.33. The van der Waals surface area contributed by atoms with Crippen LogP contribution in [-0.4, -0.2) is 33.2 Å². The Balaban J connectivity index is 1.97. The summed E-state index contributed by atoms with van der Waals surface area (Å²) in [5.74, 6) is -1.85. The summed E-state index contributed by atoms with van der Waals surface area (Å²) in [6.07, 6.45) is -1.58. The van der Waals surface area contributed by atoms with Gasteiger partial charge in [0.2, 0.25) is 5.95 Å². The molecule has 1 aliphatic rings. The fourth-order valence-corrected chi connectivity index (χ4v) is 3.84. The summed E-state index contributed by atoms with van der Waals surface area (Å²) in [6.45, 7) is 3.93. The molecule has 0 N–H and O–H groups in total. The number of benzene rings is 1. The molecule has 0 bridgehead atoms. The minimum Gasteiger partial charge on any atom is -0.335 e. The van der Waals surface area contributed by atoms with Crippen molar-refractivity contribution in [2.24, 2.45) is 7.05 Å². The summed E-state index contributed by atoms with van der Waals surface area (Å²) in [4.78, 5) is 14.5. The first-order chi connectivity index (χ1) is 13.0. The number of hydrogen-bond acceptors (Lipinski definition) is 2. The number of aryl methyl sites for hydroxylation is 1. The zero-order chi connectivity index (χ0) is 20.8. The standard InChI is InChI=1S/C19H20Cl2F3N3O/c1-19(2,12-8-10(20)4-7-13(12)21)9-27(11-5-6-11)18(28)14-15(16(22)23)25-26(3)17(14)24/h4,7-8,11,16H,5-6,9H2,1-3H3. The molecular formula is C19H20Cl2F3N3O. The normalized spacial score (nSPS) is 14.6. The molecule has 9 heteroatoms. The van der Waals surface area contributed by atoms with Gasteiger partial charge < -0.3 is 4.90 Å². The van der Waals surface area contributed by atoms with Crippen LogP contribution in [0, 0.1) is 5.95 Å². The van der Waals surface area contributed by atoms with Crippen LogP contribution in [0.2, 0.25) is 10.0 Å². The van der Waals surface area contributed by atoms with Crippen LogP contribution in [0.1, 0.15) is 54.7 Å². The molecule has 2 aromatic rings. The molecule has 1 fully saturated rings. The van der Waals surface area contributed by atoms with Crippen molar-refractivity contribution in [2.45, 2.75) is 44.6 Å². The van der Waals surface area contributed by atoms with Gasteiger partial charge in [-0.1, -0.05) is 37.0 Å². The average Bonchev–Trinajstić information content (AvgIpc) is 3.40. The van der Waals surface area contributed by atoms with Crippen molar-refractivity contribution in [2.75, 3.05) is 6.54 Å². The highest BCUT2D eigenvalue weighted by Gasteiger charge is 2.41. The lowest BCUT2D eigenvalue weighted by Gasteiger charge is -2.34. The smallest absolute Gasteiger partial charge is 0.283 e. The van der Waals surface area contributed by atoms with E-state index >= 15 is 0 Å². The van der Waals surface area contributed by atoms with Crippen molar-refractivity contribution in [3.8, 4) is 0 Å². The van der Waals surface area contributed by atoms with Crippen LogP contribution in [0.4, 0.5) is 13.2 Å². The molecule has 1 aromatic carbocycles.